The molecule has 0 saturated heterocycles. The monoisotopic (exact) mass is 513 g/mol. The van der Waals surface area contributed by atoms with Crippen LogP contribution < -0.4 is 10.6 Å². The molecule has 0 radical (unpaired) electrons. The van der Waals surface area contributed by atoms with Crippen LogP contribution in [0.25, 0.3) is 0 Å². The molecular weight excluding hydrogens is 485 g/mol. The van der Waals surface area contributed by atoms with Crippen LogP contribution in [0, 0.1) is 26.6 Å². The van der Waals surface area contributed by atoms with Gasteiger partial charge in [-0.05, 0) is 68.1 Å². The van der Waals surface area contributed by atoms with Crippen molar-refractivity contribution in [2.75, 3.05) is 10.6 Å². The van der Waals surface area contributed by atoms with E-state index in [0.717, 1.165) is 22.6 Å². The number of allylic oxidation sites excluding steroid dienone is 1. The Morgan fingerprint density at radius 1 is 1.03 bits per heavy atom. The van der Waals surface area contributed by atoms with Gasteiger partial charge >= 0.3 is 0 Å². The van der Waals surface area contributed by atoms with Gasteiger partial charge in [-0.25, -0.2) is 9.07 Å². The Hall–Kier alpha value is -3.91. The van der Waals surface area contributed by atoms with Gasteiger partial charge < -0.3 is 10.6 Å². The SMILES string of the molecule is CC1=C(C(=O)Nc2ccccc2C)C(c2ccc(F)cc2)n2nc(SCc3cc(C)ccc3C)nc2N1. The number of carbonyl (C=O) groups is 1. The Morgan fingerprint density at radius 3 is 2.54 bits per heavy atom. The fourth-order valence-electron chi connectivity index (χ4n) is 4.44. The number of thioether (sulfide) groups is 1. The van der Waals surface area contributed by atoms with Gasteiger partial charge in [0.1, 0.15) is 11.9 Å². The maximum absolute atomic E-state index is 13.8. The van der Waals surface area contributed by atoms with E-state index in [9.17, 15) is 9.18 Å². The summed E-state index contributed by atoms with van der Waals surface area (Å²) in [4.78, 5) is 18.3. The second kappa shape index (κ2) is 10.2. The maximum atomic E-state index is 13.8. The molecule has 8 heteroatoms. The van der Waals surface area contributed by atoms with E-state index in [0.29, 0.717) is 22.4 Å². The number of hydrogen-bond acceptors (Lipinski definition) is 5. The van der Waals surface area contributed by atoms with Crippen LogP contribution in [-0.2, 0) is 10.5 Å². The van der Waals surface area contributed by atoms with Crippen molar-refractivity contribution in [2.24, 2.45) is 0 Å². The van der Waals surface area contributed by atoms with Crippen LogP contribution in [0.3, 0.4) is 0 Å². The lowest BCUT2D eigenvalue weighted by Crippen LogP contribution is -2.31. The number of aryl methyl sites for hydroxylation is 3. The largest absolute Gasteiger partial charge is 0.328 e. The number of amides is 1. The molecule has 1 aromatic heterocycles. The molecule has 0 bridgehead atoms. The molecular formula is C29H28FN5OS. The second-order valence-corrected chi connectivity index (χ2v) is 10.2. The number of nitrogens with one attached hydrogen (secondary N) is 2. The Morgan fingerprint density at radius 2 is 1.78 bits per heavy atom. The van der Waals surface area contributed by atoms with Crippen LogP contribution in [0.2, 0.25) is 0 Å². The lowest BCUT2D eigenvalue weighted by atomic mass is 9.95. The molecule has 2 N–H and O–H groups in total. The average molecular weight is 514 g/mol. The molecule has 188 valence electrons. The summed E-state index contributed by atoms with van der Waals surface area (Å²) in [5, 5.41) is 11.7. The average Bonchev–Trinajstić information content (AvgIpc) is 3.28. The lowest BCUT2D eigenvalue weighted by Gasteiger charge is -2.28. The number of fused-ring (bicyclic) bond motifs is 1. The number of para-hydroxylation sites is 1. The standard InChI is InChI=1S/C29H28FN5OS/c1-17-9-10-18(2)22(15-17)16-37-29-33-28-31-20(4)25(27(36)32-24-8-6-5-7-19(24)3)26(35(28)34-29)21-11-13-23(30)14-12-21/h5-15,26H,16H2,1-4H3,(H,32,36)(H,31,33,34). The first-order chi connectivity index (χ1) is 17.8. The van der Waals surface area contributed by atoms with E-state index < -0.39 is 6.04 Å². The molecule has 1 atom stereocenters. The van der Waals surface area contributed by atoms with E-state index in [1.54, 1.807) is 28.6 Å². The van der Waals surface area contributed by atoms with Crippen molar-refractivity contribution in [3.63, 3.8) is 0 Å². The molecule has 1 aliphatic heterocycles. The molecule has 1 amide bonds. The van der Waals surface area contributed by atoms with Crippen LogP contribution in [0.15, 0.2) is 83.2 Å². The highest BCUT2D eigenvalue weighted by atomic mass is 32.2. The Labute approximate surface area is 220 Å². The normalized spacial score (nSPS) is 14.8. The fourth-order valence-corrected chi connectivity index (χ4v) is 5.33. The molecule has 5 rings (SSSR count). The molecule has 3 aromatic carbocycles. The summed E-state index contributed by atoms with van der Waals surface area (Å²) in [6, 6.07) is 19.6. The molecule has 0 aliphatic carbocycles. The first-order valence-electron chi connectivity index (χ1n) is 12.1. The fraction of sp³-hybridized carbons (Fsp3) is 0.207. The topological polar surface area (TPSA) is 71.8 Å². The molecule has 6 nitrogen and oxygen atoms in total. The van der Waals surface area contributed by atoms with Crippen molar-refractivity contribution in [3.8, 4) is 0 Å². The van der Waals surface area contributed by atoms with Gasteiger partial charge in [0.2, 0.25) is 11.1 Å². The number of halogens is 1. The van der Waals surface area contributed by atoms with Crippen LogP contribution in [0.1, 0.15) is 40.8 Å². The zero-order valence-corrected chi connectivity index (χ0v) is 22.0. The van der Waals surface area contributed by atoms with E-state index in [1.165, 1.54) is 28.8 Å². The summed E-state index contributed by atoms with van der Waals surface area (Å²) in [6.07, 6.45) is 0. The van der Waals surface area contributed by atoms with Gasteiger partial charge in [-0.15, -0.1) is 5.10 Å². The number of carbonyl (C=O) groups excluding carboxylic acids is 1. The Bertz CT molecular complexity index is 1510. The number of nitrogens with zero attached hydrogens (tertiary/aromatic N) is 3. The van der Waals surface area contributed by atoms with Gasteiger partial charge in [-0.3, -0.25) is 4.79 Å². The highest BCUT2D eigenvalue weighted by Crippen LogP contribution is 2.37. The van der Waals surface area contributed by atoms with Crippen molar-refractivity contribution >= 4 is 29.3 Å². The van der Waals surface area contributed by atoms with Gasteiger partial charge in [0.25, 0.3) is 5.91 Å². The third-order valence-corrected chi connectivity index (χ3v) is 7.40. The van der Waals surface area contributed by atoms with E-state index in [4.69, 9.17) is 10.1 Å². The summed E-state index contributed by atoms with van der Waals surface area (Å²) < 4.78 is 15.5. The number of benzene rings is 3. The van der Waals surface area contributed by atoms with Crippen LogP contribution in [0.4, 0.5) is 16.0 Å². The molecule has 0 fully saturated rings. The molecule has 1 aliphatic rings. The second-order valence-electron chi connectivity index (χ2n) is 9.27. The van der Waals surface area contributed by atoms with E-state index in [2.05, 4.69) is 42.7 Å². The minimum atomic E-state index is -0.566. The van der Waals surface area contributed by atoms with Crippen molar-refractivity contribution < 1.29 is 9.18 Å². The number of aromatic nitrogens is 3. The highest BCUT2D eigenvalue weighted by molar-refractivity contribution is 7.98. The minimum Gasteiger partial charge on any atom is -0.328 e. The third-order valence-electron chi connectivity index (χ3n) is 6.52. The van der Waals surface area contributed by atoms with Gasteiger partial charge in [-0.2, -0.15) is 4.98 Å². The zero-order chi connectivity index (χ0) is 26.1. The molecule has 0 saturated carbocycles. The number of hydrogen-bond donors (Lipinski definition) is 2. The summed E-state index contributed by atoms with van der Waals surface area (Å²) in [5.74, 6) is 0.681. The number of rotatable bonds is 6. The highest BCUT2D eigenvalue weighted by Gasteiger charge is 2.34. The minimum absolute atomic E-state index is 0.251. The van der Waals surface area contributed by atoms with Gasteiger partial charge in [-0.1, -0.05) is 65.9 Å². The van der Waals surface area contributed by atoms with E-state index >= 15 is 0 Å². The quantitative estimate of drug-likeness (QED) is 0.286. The Balaban J connectivity index is 1.49. The molecule has 1 unspecified atom stereocenters. The third kappa shape index (κ3) is 5.15. The maximum Gasteiger partial charge on any atom is 0.255 e. The van der Waals surface area contributed by atoms with E-state index in [-0.39, 0.29) is 11.7 Å². The van der Waals surface area contributed by atoms with Gasteiger partial charge in [0.15, 0.2) is 0 Å². The van der Waals surface area contributed by atoms with Crippen molar-refractivity contribution in [2.45, 2.75) is 44.6 Å². The van der Waals surface area contributed by atoms with Crippen molar-refractivity contribution in [1.29, 1.82) is 0 Å². The Kier molecular flexibility index (Phi) is 6.84. The predicted molar refractivity (Wildman–Crippen MR) is 146 cm³/mol. The summed E-state index contributed by atoms with van der Waals surface area (Å²) in [6.45, 7) is 7.98. The molecule has 37 heavy (non-hydrogen) atoms. The summed E-state index contributed by atoms with van der Waals surface area (Å²) in [7, 11) is 0. The predicted octanol–water partition coefficient (Wildman–Crippen LogP) is 6.56. The molecule has 4 aromatic rings. The zero-order valence-electron chi connectivity index (χ0n) is 21.2. The first-order valence-corrected chi connectivity index (χ1v) is 13.0. The summed E-state index contributed by atoms with van der Waals surface area (Å²) in [5.41, 5.74) is 7.27. The van der Waals surface area contributed by atoms with Crippen LogP contribution in [0.5, 0.6) is 0 Å². The first kappa shape index (κ1) is 24.8. The smallest absolute Gasteiger partial charge is 0.255 e. The molecule has 0 spiro atoms. The molecule has 2 heterocycles. The lowest BCUT2D eigenvalue weighted by molar-refractivity contribution is -0.113. The van der Waals surface area contributed by atoms with Crippen LogP contribution in [-0.4, -0.2) is 20.7 Å². The summed E-state index contributed by atoms with van der Waals surface area (Å²) >= 11 is 1.54. The van der Waals surface area contributed by atoms with Gasteiger partial charge in [0.05, 0.1) is 5.57 Å². The van der Waals surface area contributed by atoms with Crippen molar-refractivity contribution in [3.05, 3.63) is 112 Å². The van der Waals surface area contributed by atoms with Gasteiger partial charge in [0, 0.05) is 17.1 Å². The number of anilines is 2. The van der Waals surface area contributed by atoms with E-state index in [1.807, 2.05) is 38.1 Å². The van der Waals surface area contributed by atoms with Crippen LogP contribution >= 0.6 is 11.8 Å². The van der Waals surface area contributed by atoms with Crippen molar-refractivity contribution in [1.82, 2.24) is 14.8 Å².